The fourth-order valence-electron chi connectivity index (χ4n) is 1.16. The van der Waals surface area contributed by atoms with Gasteiger partial charge in [0, 0.05) is 11.6 Å². The van der Waals surface area contributed by atoms with Gasteiger partial charge in [0.05, 0.1) is 19.6 Å². The van der Waals surface area contributed by atoms with Gasteiger partial charge in [-0.05, 0) is 22.6 Å². The molecule has 0 atom stereocenters. The lowest BCUT2D eigenvalue weighted by molar-refractivity contribution is 0.144. The molecule has 0 unspecified atom stereocenters. The Balaban J connectivity index is 3.34. The van der Waals surface area contributed by atoms with Gasteiger partial charge in [0.2, 0.25) is 0 Å². The Morgan fingerprint density at radius 1 is 1.67 bits per heavy atom. The molecular weight excluding hydrogens is 317 g/mol. The van der Waals surface area contributed by atoms with E-state index in [1.165, 1.54) is 13.2 Å². The van der Waals surface area contributed by atoms with Gasteiger partial charge in [-0.2, -0.15) is 5.26 Å². The number of halogens is 3. The van der Waals surface area contributed by atoms with Gasteiger partial charge in [-0.15, -0.1) is 0 Å². The summed E-state index contributed by atoms with van der Waals surface area (Å²) < 4.78 is 30.6. The lowest BCUT2D eigenvalue weighted by Gasteiger charge is -2.10. The van der Waals surface area contributed by atoms with Gasteiger partial charge in [-0.3, -0.25) is 0 Å². The van der Waals surface area contributed by atoms with Gasteiger partial charge >= 0.3 is 0 Å². The third kappa shape index (κ3) is 2.75. The molecule has 0 saturated carbocycles. The average molecular weight is 324 g/mol. The maximum atomic E-state index is 12.6. The number of rotatable bonds is 3. The van der Waals surface area contributed by atoms with E-state index < -0.39 is 6.43 Å². The van der Waals surface area contributed by atoms with E-state index in [1.807, 2.05) is 28.7 Å². The summed E-state index contributed by atoms with van der Waals surface area (Å²) in [6, 6.07) is 3.34. The van der Waals surface area contributed by atoms with E-state index in [1.54, 1.807) is 0 Å². The van der Waals surface area contributed by atoms with Crippen molar-refractivity contribution in [2.75, 3.05) is 7.11 Å². The van der Waals surface area contributed by atoms with Crippen LogP contribution in [0.5, 0.6) is 5.75 Å². The molecular formula is C9H7F2IN2O. The predicted octanol–water partition coefficient (Wildman–Crippen LogP) is 2.70. The number of pyridine rings is 1. The summed E-state index contributed by atoms with van der Waals surface area (Å²) >= 11 is 1.83. The summed E-state index contributed by atoms with van der Waals surface area (Å²) in [6.07, 6.45) is -2.83. The molecule has 0 aromatic carbocycles. The van der Waals surface area contributed by atoms with Crippen molar-refractivity contribution in [3.05, 3.63) is 21.0 Å². The second-order valence-electron chi connectivity index (χ2n) is 2.65. The van der Waals surface area contributed by atoms with Crippen LogP contribution in [-0.2, 0) is 6.42 Å². The normalized spacial score (nSPS) is 10.1. The molecule has 0 aliphatic carbocycles. The molecule has 0 N–H and O–H groups in total. The van der Waals surface area contributed by atoms with Gasteiger partial charge in [0.25, 0.3) is 6.43 Å². The number of nitriles is 1. The van der Waals surface area contributed by atoms with Gasteiger partial charge in [0.15, 0.2) is 0 Å². The third-order valence-corrected chi connectivity index (χ3v) is 2.32. The molecule has 1 aromatic heterocycles. The molecule has 1 rings (SSSR count). The Labute approximate surface area is 99.2 Å². The number of methoxy groups -OCH3 is 1. The molecule has 0 bridgehead atoms. The van der Waals surface area contributed by atoms with Crippen molar-refractivity contribution in [3.63, 3.8) is 0 Å². The van der Waals surface area contributed by atoms with Crippen molar-refractivity contribution >= 4 is 22.6 Å². The van der Waals surface area contributed by atoms with E-state index in [0.29, 0.717) is 3.70 Å². The summed E-state index contributed by atoms with van der Waals surface area (Å²) in [5, 5.41) is 8.54. The molecule has 0 fully saturated rings. The maximum absolute atomic E-state index is 12.6. The fourth-order valence-corrected chi connectivity index (χ4v) is 1.70. The fraction of sp³-hybridized carbons (Fsp3) is 0.333. The van der Waals surface area contributed by atoms with E-state index in [4.69, 9.17) is 10.00 Å². The molecule has 1 aromatic rings. The van der Waals surface area contributed by atoms with Crippen LogP contribution in [0.25, 0.3) is 0 Å². The van der Waals surface area contributed by atoms with Crippen molar-refractivity contribution in [2.24, 2.45) is 0 Å². The first kappa shape index (κ1) is 12.1. The molecule has 0 aliphatic heterocycles. The minimum absolute atomic E-state index is 0.132. The summed E-state index contributed by atoms with van der Waals surface area (Å²) in [5.74, 6) is 0.284. The Morgan fingerprint density at radius 3 is 2.80 bits per heavy atom. The highest BCUT2D eigenvalue weighted by molar-refractivity contribution is 14.1. The zero-order chi connectivity index (χ0) is 11.4. The molecule has 0 spiro atoms. The van der Waals surface area contributed by atoms with Crippen molar-refractivity contribution < 1.29 is 13.5 Å². The zero-order valence-electron chi connectivity index (χ0n) is 7.80. The summed E-state index contributed by atoms with van der Waals surface area (Å²) in [4.78, 5) is 3.71. The minimum atomic E-state index is -2.70. The topological polar surface area (TPSA) is 45.9 Å². The minimum Gasteiger partial charge on any atom is -0.496 e. The number of nitrogens with zero attached hydrogens (tertiary/aromatic N) is 2. The van der Waals surface area contributed by atoms with Gasteiger partial charge in [-0.1, -0.05) is 0 Å². The number of ether oxygens (including phenoxy) is 1. The third-order valence-electron chi connectivity index (χ3n) is 1.77. The van der Waals surface area contributed by atoms with Crippen molar-refractivity contribution in [1.82, 2.24) is 4.98 Å². The first-order valence-electron chi connectivity index (χ1n) is 3.98. The summed E-state index contributed by atoms with van der Waals surface area (Å²) in [6.45, 7) is 0. The Hall–Kier alpha value is -0.970. The molecule has 0 amide bonds. The molecule has 3 nitrogen and oxygen atoms in total. The zero-order valence-corrected chi connectivity index (χ0v) is 9.96. The van der Waals surface area contributed by atoms with Crippen LogP contribution in [0.4, 0.5) is 8.78 Å². The maximum Gasteiger partial charge on any atom is 0.280 e. The monoisotopic (exact) mass is 324 g/mol. The first-order chi connectivity index (χ1) is 7.10. The van der Waals surface area contributed by atoms with Gasteiger partial charge in [-0.25, -0.2) is 13.8 Å². The summed E-state index contributed by atoms with van der Waals surface area (Å²) in [7, 11) is 1.38. The molecule has 0 radical (unpaired) electrons. The Bertz CT molecular complexity index is 404. The number of hydrogen-bond acceptors (Lipinski definition) is 3. The number of hydrogen-bond donors (Lipinski definition) is 0. The molecule has 1 heterocycles. The average Bonchev–Trinajstić information content (AvgIpc) is 2.19. The largest absolute Gasteiger partial charge is 0.496 e. The van der Waals surface area contributed by atoms with Crippen molar-refractivity contribution in [1.29, 1.82) is 5.26 Å². The van der Waals surface area contributed by atoms with Gasteiger partial charge in [0.1, 0.15) is 15.1 Å². The second-order valence-corrected chi connectivity index (χ2v) is 3.75. The van der Waals surface area contributed by atoms with Crippen LogP contribution in [0, 0.1) is 15.0 Å². The molecule has 15 heavy (non-hydrogen) atoms. The Kier molecular flexibility index (Phi) is 4.20. The standard InChI is InChI=1S/C9H7F2IN2O/c1-15-6-4-7(12)14-8(9(10)11)5(6)2-3-13/h4,9H,2H2,1H3. The van der Waals surface area contributed by atoms with E-state index in [2.05, 4.69) is 4.98 Å². The smallest absolute Gasteiger partial charge is 0.280 e. The SMILES string of the molecule is COc1cc(I)nc(C(F)F)c1CC#N. The van der Waals surface area contributed by atoms with Crippen molar-refractivity contribution in [3.8, 4) is 11.8 Å². The number of alkyl halides is 2. The van der Waals surface area contributed by atoms with Crippen LogP contribution < -0.4 is 4.74 Å². The highest BCUT2D eigenvalue weighted by Crippen LogP contribution is 2.29. The highest BCUT2D eigenvalue weighted by atomic mass is 127. The second kappa shape index (κ2) is 5.21. The van der Waals surface area contributed by atoms with Gasteiger partial charge < -0.3 is 4.74 Å². The first-order valence-corrected chi connectivity index (χ1v) is 5.06. The van der Waals surface area contributed by atoms with Crippen LogP contribution >= 0.6 is 22.6 Å². The molecule has 0 saturated heterocycles. The van der Waals surface area contributed by atoms with E-state index in [-0.39, 0.29) is 23.4 Å². The lowest BCUT2D eigenvalue weighted by atomic mass is 10.1. The van der Waals surface area contributed by atoms with Crippen LogP contribution in [0.1, 0.15) is 17.7 Å². The molecule has 0 aliphatic rings. The number of aromatic nitrogens is 1. The lowest BCUT2D eigenvalue weighted by Crippen LogP contribution is -2.03. The predicted molar refractivity (Wildman–Crippen MR) is 57.8 cm³/mol. The van der Waals surface area contributed by atoms with Crippen LogP contribution in [0.3, 0.4) is 0 Å². The Morgan fingerprint density at radius 2 is 2.33 bits per heavy atom. The van der Waals surface area contributed by atoms with E-state index in [9.17, 15) is 8.78 Å². The van der Waals surface area contributed by atoms with E-state index >= 15 is 0 Å². The molecule has 6 heteroatoms. The van der Waals surface area contributed by atoms with Crippen LogP contribution in [-0.4, -0.2) is 12.1 Å². The quantitative estimate of drug-likeness (QED) is 0.634. The summed E-state index contributed by atoms with van der Waals surface area (Å²) in [5.41, 5.74) is -0.212. The van der Waals surface area contributed by atoms with E-state index in [0.717, 1.165) is 0 Å². The highest BCUT2D eigenvalue weighted by Gasteiger charge is 2.19. The molecule has 80 valence electrons. The van der Waals surface area contributed by atoms with Crippen LogP contribution in [0.2, 0.25) is 0 Å². The van der Waals surface area contributed by atoms with Crippen LogP contribution in [0.15, 0.2) is 6.07 Å². The van der Waals surface area contributed by atoms with Crippen molar-refractivity contribution in [2.45, 2.75) is 12.8 Å².